The van der Waals surface area contributed by atoms with Crippen LogP contribution in [0.25, 0.3) is 27.8 Å². The number of aromatic amines is 1. The lowest BCUT2D eigenvalue weighted by molar-refractivity contribution is -0.113. The number of rotatable bonds is 7. The maximum Gasteiger partial charge on any atom is 0.283 e. The van der Waals surface area contributed by atoms with Crippen molar-refractivity contribution in [2.75, 3.05) is 18.2 Å². The molecule has 36 heavy (non-hydrogen) atoms. The number of carbonyl (C=O) groups is 1. The molecule has 0 aliphatic carbocycles. The van der Waals surface area contributed by atoms with Crippen LogP contribution in [0.1, 0.15) is 5.56 Å². The first-order chi connectivity index (χ1) is 17.5. The van der Waals surface area contributed by atoms with Crippen LogP contribution in [-0.2, 0) is 4.79 Å². The van der Waals surface area contributed by atoms with Gasteiger partial charge < -0.3 is 15.0 Å². The number of thioether (sulfide) groups is 1. The number of nitrogens with zero attached hydrogens (tertiary/aromatic N) is 2. The average molecular weight is 497 g/mol. The third kappa shape index (κ3) is 4.63. The molecule has 5 aromatic rings. The van der Waals surface area contributed by atoms with Gasteiger partial charge in [-0.2, -0.15) is 0 Å². The highest BCUT2D eigenvalue weighted by molar-refractivity contribution is 7.99. The molecule has 0 saturated carbocycles. The Labute approximate surface area is 212 Å². The zero-order valence-corrected chi connectivity index (χ0v) is 20.6. The van der Waals surface area contributed by atoms with E-state index in [9.17, 15) is 9.59 Å². The molecule has 0 radical (unpaired) electrons. The first kappa shape index (κ1) is 23.4. The fraction of sp³-hybridized carbons (Fsp3) is 0.107. The van der Waals surface area contributed by atoms with E-state index in [-0.39, 0.29) is 17.2 Å². The van der Waals surface area contributed by atoms with Crippen LogP contribution < -0.4 is 15.6 Å². The minimum absolute atomic E-state index is 0.0624. The summed E-state index contributed by atoms with van der Waals surface area (Å²) in [6, 6.07) is 24.7. The highest BCUT2D eigenvalue weighted by Crippen LogP contribution is 2.29. The Bertz CT molecular complexity index is 1610. The first-order valence-electron chi connectivity index (χ1n) is 11.4. The molecule has 0 unspecified atom stereocenters. The summed E-state index contributed by atoms with van der Waals surface area (Å²) in [5.41, 5.74) is 4.84. The SMILES string of the molecule is COc1ccccc1NC(=O)CSc1nc2c(-c3ccccc3)c[nH]c2c(=O)n1-c1cccc(C)c1. The predicted molar refractivity (Wildman–Crippen MR) is 144 cm³/mol. The number of aromatic nitrogens is 3. The quantitative estimate of drug-likeness (QED) is 0.232. The molecule has 1 amide bonds. The van der Waals surface area contributed by atoms with Gasteiger partial charge in [0.25, 0.3) is 5.56 Å². The van der Waals surface area contributed by atoms with Gasteiger partial charge in [0.2, 0.25) is 5.91 Å². The molecule has 3 aromatic carbocycles. The highest BCUT2D eigenvalue weighted by Gasteiger charge is 2.19. The molecule has 2 aromatic heterocycles. The Morgan fingerprint density at radius 3 is 2.61 bits per heavy atom. The third-order valence-electron chi connectivity index (χ3n) is 5.73. The molecule has 0 aliphatic heterocycles. The van der Waals surface area contributed by atoms with E-state index in [4.69, 9.17) is 9.72 Å². The molecular weight excluding hydrogens is 472 g/mol. The molecule has 0 bridgehead atoms. The number of benzene rings is 3. The summed E-state index contributed by atoms with van der Waals surface area (Å²) in [6.07, 6.45) is 1.80. The molecule has 5 rings (SSSR count). The van der Waals surface area contributed by atoms with E-state index in [1.165, 1.54) is 11.8 Å². The second-order valence-electron chi connectivity index (χ2n) is 8.20. The minimum atomic E-state index is -0.230. The van der Waals surface area contributed by atoms with Crippen molar-refractivity contribution in [3.8, 4) is 22.6 Å². The van der Waals surface area contributed by atoms with Crippen LogP contribution in [0.5, 0.6) is 5.75 Å². The van der Waals surface area contributed by atoms with Crippen molar-refractivity contribution in [1.82, 2.24) is 14.5 Å². The molecule has 0 aliphatic rings. The number of amides is 1. The Kier molecular flexibility index (Phi) is 6.60. The topological polar surface area (TPSA) is 89.0 Å². The number of carbonyl (C=O) groups excluding carboxylic acids is 1. The van der Waals surface area contributed by atoms with Gasteiger partial charge in [-0.25, -0.2) is 4.98 Å². The molecule has 180 valence electrons. The van der Waals surface area contributed by atoms with Crippen LogP contribution in [0.2, 0.25) is 0 Å². The summed E-state index contributed by atoms with van der Waals surface area (Å²) in [6.45, 7) is 1.97. The Morgan fingerprint density at radius 2 is 1.83 bits per heavy atom. The van der Waals surface area contributed by atoms with Gasteiger partial charge in [0.15, 0.2) is 5.16 Å². The van der Waals surface area contributed by atoms with Gasteiger partial charge >= 0.3 is 0 Å². The second-order valence-corrected chi connectivity index (χ2v) is 9.15. The van der Waals surface area contributed by atoms with Gasteiger partial charge in [-0.3, -0.25) is 14.2 Å². The van der Waals surface area contributed by atoms with Gasteiger partial charge in [-0.15, -0.1) is 0 Å². The van der Waals surface area contributed by atoms with E-state index in [1.54, 1.807) is 30.0 Å². The van der Waals surface area contributed by atoms with Crippen LogP contribution >= 0.6 is 11.8 Å². The zero-order valence-electron chi connectivity index (χ0n) is 19.8. The molecule has 8 heteroatoms. The highest BCUT2D eigenvalue weighted by atomic mass is 32.2. The summed E-state index contributed by atoms with van der Waals surface area (Å²) in [7, 11) is 1.56. The van der Waals surface area contributed by atoms with Crippen LogP contribution in [0, 0.1) is 6.92 Å². The minimum Gasteiger partial charge on any atom is -0.495 e. The van der Waals surface area contributed by atoms with Crippen LogP contribution in [-0.4, -0.2) is 33.3 Å². The van der Waals surface area contributed by atoms with Crippen molar-refractivity contribution in [2.24, 2.45) is 0 Å². The van der Waals surface area contributed by atoms with Crippen LogP contribution in [0.4, 0.5) is 5.69 Å². The van der Waals surface area contributed by atoms with E-state index in [1.807, 2.05) is 73.7 Å². The standard InChI is InChI=1S/C28H24N4O3S/c1-18-9-8-12-20(15-18)32-27(34)26-25(21(16-29-26)19-10-4-3-5-11-19)31-28(32)36-17-24(33)30-22-13-6-7-14-23(22)35-2/h3-16,29H,17H2,1-2H3,(H,30,33). The van der Waals surface area contributed by atoms with Gasteiger partial charge in [-0.1, -0.05) is 66.4 Å². The Balaban J connectivity index is 1.55. The second kappa shape index (κ2) is 10.1. The van der Waals surface area contributed by atoms with Gasteiger partial charge in [0, 0.05) is 11.8 Å². The summed E-state index contributed by atoms with van der Waals surface area (Å²) in [5.74, 6) is 0.409. The van der Waals surface area contributed by atoms with Gasteiger partial charge in [-0.05, 0) is 42.3 Å². The largest absolute Gasteiger partial charge is 0.495 e. The summed E-state index contributed by atoms with van der Waals surface area (Å²) >= 11 is 1.21. The first-order valence-corrected chi connectivity index (χ1v) is 12.4. The number of methoxy groups -OCH3 is 1. The third-order valence-corrected chi connectivity index (χ3v) is 6.67. The van der Waals surface area contributed by atoms with E-state index >= 15 is 0 Å². The van der Waals surface area contributed by atoms with E-state index in [0.717, 1.165) is 16.7 Å². The number of fused-ring (bicyclic) bond motifs is 1. The molecule has 0 saturated heterocycles. The number of ether oxygens (including phenoxy) is 1. The molecule has 0 spiro atoms. The summed E-state index contributed by atoms with van der Waals surface area (Å²) < 4.78 is 6.88. The van der Waals surface area contributed by atoms with Crippen LogP contribution in [0.3, 0.4) is 0 Å². The van der Waals surface area contributed by atoms with Crippen molar-refractivity contribution in [2.45, 2.75) is 12.1 Å². The lowest BCUT2D eigenvalue weighted by Crippen LogP contribution is -2.23. The number of para-hydroxylation sites is 2. The zero-order chi connectivity index (χ0) is 25.1. The molecule has 7 nitrogen and oxygen atoms in total. The Morgan fingerprint density at radius 1 is 1.06 bits per heavy atom. The van der Waals surface area contributed by atoms with Crippen LogP contribution in [0.15, 0.2) is 95.0 Å². The molecule has 2 N–H and O–H groups in total. The number of aryl methyl sites for hydroxylation is 1. The van der Waals surface area contributed by atoms with E-state index < -0.39 is 0 Å². The fourth-order valence-corrected chi connectivity index (χ4v) is 4.84. The number of nitrogens with one attached hydrogen (secondary N) is 2. The van der Waals surface area contributed by atoms with E-state index in [0.29, 0.717) is 33.3 Å². The van der Waals surface area contributed by atoms with Crippen molar-refractivity contribution >= 4 is 34.4 Å². The van der Waals surface area contributed by atoms with E-state index in [2.05, 4.69) is 10.3 Å². The van der Waals surface area contributed by atoms with Crippen molar-refractivity contribution in [3.63, 3.8) is 0 Å². The number of hydrogen-bond acceptors (Lipinski definition) is 5. The smallest absolute Gasteiger partial charge is 0.283 e. The normalized spacial score (nSPS) is 10.9. The lowest BCUT2D eigenvalue weighted by Gasteiger charge is -2.14. The predicted octanol–water partition coefficient (Wildman–Crippen LogP) is 5.43. The monoisotopic (exact) mass is 496 g/mol. The molecule has 0 atom stereocenters. The van der Waals surface area contributed by atoms with Crippen molar-refractivity contribution in [3.05, 3.63) is 101 Å². The maximum atomic E-state index is 13.7. The van der Waals surface area contributed by atoms with Crippen molar-refractivity contribution in [1.29, 1.82) is 0 Å². The molecule has 0 fully saturated rings. The van der Waals surface area contributed by atoms with Crippen molar-refractivity contribution < 1.29 is 9.53 Å². The Hall–Kier alpha value is -4.30. The molecular formula is C28H24N4O3S. The number of anilines is 1. The summed E-state index contributed by atoms with van der Waals surface area (Å²) in [4.78, 5) is 34.5. The number of hydrogen-bond donors (Lipinski definition) is 2. The lowest BCUT2D eigenvalue weighted by atomic mass is 10.1. The van der Waals surface area contributed by atoms with Gasteiger partial charge in [0.05, 0.1) is 24.2 Å². The summed E-state index contributed by atoms with van der Waals surface area (Å²) in [5, 5.41) is 3.31. The molecule has 2 heterocycles. The fourth-order valence-electron chi connectivity index (χ4n) is 4.03. The number of H-pyrrole nitrogens is 1. The van der Waals surface area contributed by atoms with Gasteiger partial charge in [0.1, 0.15) is 16.8 Å². The average Bonchev–Trinajstić information content (AvgIpc) is 3.33. The maximum absolute atomic E-state index is 13.7.